The van der Waals surface area contributed by atoms with Crippen molar-refractivity contribution in [3.63, 3.8) is 0 Å². The third-order valence-corrected chi connectivity index (χ3v) is 5.47. The summed E-state index contributed by atoms with van der Waals surface area (Å²) in [5, 5.41) is 0. The average molecular weight is 392 g/mol. The molecule has 3 rings (SSSR count). The SMILES string of the molecule is COc1ccccc1C1CCCN(CCC(N)Cc2cc(F)c(F)cc2F)C1. The maximum Gasteiger partial charge on any atom is 0.161 e. The van der Waals surface area contributed by atoms with Crippen LogP contribution < -0.4 is 10.5 Å². The van der Waals surface area contributed by atoms with Crippen molar-refractivity contribution in [2.24, 2.45) is 5.73 Å². The number of methoxy groups -OCH3 is 1. The zero-order valence-electron chi connectivity index (χ0n) is 16.1. The van der Waals surface area contributed by atoms with Gasteiger partial charge in [0.25, 0.3) is 0 Å². The minimum absolute atomic E-state index is 0.122. The molecule has 2 unspecified atom stereocenters. The quantitative estimate of drug-likeness (QED) is 0.716. The summed E-state index contributed by atoms with van der Waals surface area (Å²) in [4.78, 5) is 2.36. The van der Waals surface area contributed by atoms with Crippen molar-refractivity contribution in [3.8, 4) is 5.75 Å². The van der Waals surface area contributed by atoms with Crippen molar-refractivity contribution in [2.75, 3.05) is 26.7 Å². The molecule has 0 aromatic heterocycles. The van der Waals surface area contributed by atoms with Gasteiger partial charge >= 0.3 is 0 Å². The smallest absolute Gasteiger partial charge is 0.161 e. The lowest BCUT2D eigenvalue weighted by Crippen LogP contribution is -2.38. The minimum atomic E-state index is -1.18. The first kappa shape index (κ1) is 20.7. The van der Waals surface area contributed by atoms with E-state index in [0.29, 0.717) is 18.4 Å². The third-order valence-electron chi connectivity index (χ3n) is 5.47. The Morgan fingerprint density at radius 3 is 2.68 bits per heavy atom. The molecule has 0 radical (unpaired) electrons. The van der Waals surface area contributed by atoms with E-state index in [0.717, 1.165) is 44.3 Å². The Labute approximate surface area is 164 Å². The summed E-state index contributed by atoms with van der Waals surface area (Å²) >= 11 is 0. The summed E-state index contributed by atoms with van der Waals surface area (Å²) in [6.45, 7) is 2.71. The standard InChI is InChI=1S/C22H27F3N2O/c1-28-22-7-3-2-6-18(22)15-5-4-9-27(14-15)10-8-17(26)11-16-12-20(24)21(25)13-19(16)23/h2-3,6-7,12-13,15,17H,4-5,8-11,14,26H2,1H3. The van der Waals surface area contributed by atoms with Crippen molar-refractivity contribution in [2.45, 2.75) is 37.6 Å². The molecule has 2 atom stereocenters. The van der Waals surface area contributed by atoms with Gasteiger partial charge in [0.05, 0.1) is 7.11 Å². The third kappa shape index (κ3) is 5.06. The number of para-hydroxylation sites is 1. The van der Waals surface area contributed by atoms with E-state index in [2.05, 4.69) is 11.0 Å². The van der Waals surface area contributed by atoms with Crippen molar-refractivity contribution in [1.29, 1.82) is 0 Å². The van der Waals surface area contributed by atoms with Gasteiger partial charge in [0.15, 0.2) is 11.6 Å². The van der Waals surface area contributed by atoms with Gasteiger partial charge in [-0.1, -0.05) is 18.2 Å². The average Bonchev–Trinajstić information content (AvgIpc) is 2.70. The maximum atomic E-state index is 13.8. The second-order valence-electron chi connectivity index (χ2n) is 7.49. The van der Waals surface area contributed by atoms with Gasteiger partial charge in [-0.2, -0.15) is 0 Å². The van der Waals surface area contributed by atoms with Crippen LogP contribution in [0.5, 0.6) is 5.75 Å². The van der Waals surface area contributed by atoms with Gasteiger partial charge in [-0.25, -0.2) is 13.2 Å². The lowest BCUT2D eigenvalue weighted by Gasteiger charge is -2.34. The largest absolute Gasteiger partial charge is 0.496 e. The second kappa shape index (κ2) is 9.43. The van der Waals surface area contributed by atoms with Crippen LogP contribution in [0.15, 0.2) is 36.4 Å². The number of benzene rings is 2. The number of ether oxygens (including phenoxy) is 1. The van der Waals surface area contributed by atoms with Gasteiger partial charge in [-0.3, -0.25) is 0 Å². The molecule has 3 nitrogen and oxygen atoms in total. The molecule has 152 valence electrons. The summed E-state index contributed by atoms with van der Waals surface area (Å²) in [5.74, 6) is -1.64. The van der Waals surface area contributed by atoms with Crippen LogP contribution in [0, 0.1) is 17.5 Å². The van der Waals surface area contributed by atoms with Crippen LogP contribution in [-0.2, 0) is 6.42 Å². The fourth-order valence-corrected chi connectivity index (χ4v) is 3.97. The Bertz CT molecular complexity index is 799. The first-order chi connectivity index (χ1) is 13.5. The number of halogens is 3. The van der Waals surface area contributed by atoms with E-state index in [9.17, 15) is 13.2 Å². The van der Waals surface area contributed by atoms with Gasteiger partial charge in [0.1, 0.15) is 11.6 Å². The van der Waals surface area contributed by atoms with Crippen LogP contribution in [0.1, 0.15) is 36.3 Å². The lowest BCUT2D eigenvalue weighted by atomic mass is 9.89. The molecule has 0 saturated carbocycles. The van der Waals surface area contributed by atoms with Crippen LogP contribution in [0.3, 0.4) is 0 Å². The number of hydrogen-bond donors (Lipinski definition) is 1. The van der Waals surface area contributed by atoms with Gasteiger partial charge < -0.3 is 15.4 Å². The Balaban J connectivity index is 1.55. The first-order valence-electron chi connectivity index (χ1n) is 9.72. The van der Waals surface area contributed by atoms with Crippen LogP contribution in [0.2, 0.25) is 0 Å². The Hall–Kier alpha value is -2.05. The molecule has 1 saturated heterocycles. The second-order valence-corrected chi connectivity index (χ2v) is 7.49. The number of hydrogen-bond acceptors (Lipinski definition) is 3. The Morgan fingerprint density at radius 2 is 1.89 bits per heavy atom. The molecule has 0 spiro atoms. The van der Waals surface area contributed by atoms with Crippen molar-refractivity contribution >= 4 is 0 Å². The number of likely N-dealkylation sites (tertiary alicyclic amines) is 1. The summed E-state index contributed by atoms with van der Waals surface area (Å²) in [6.07, 6.45) is 3.06. The van der Waals surface area contributed by atoms with E-state index in [1.165, 1.54) is 5.56 Å². The van der Waals surface area contributed by atoms with E-state index in [1.54, 1.807) is 7.11 Å². The molecule has 1 heterocycles. The Kier molecular flexibility index (Phi) is 6.97. The number of piperidine rings is 1. The highest BCUT2D eigenvalue weighted by Gasteiger charge is 2.24. The summed E-state index contributed by atoms with van der Waals surface area (Å²) in [5.41, 5.74) is 7.49. The van der Waals surface area contributed by atoms with Crippen LogP contribution in [-0.4, -0.2) is 37.7 Å². The van der Waals surface area contributed by atoms with Crippen molar-refractivity contribution in [1.82, 2.24) is 4.90 Å². The highest BCUT2D eigenvalue weighted by Crippen LogP contribution is 2.33. The minimum Gasteiger partial charge on any atom is -0.496 e. The van der Waals surface area contributed by atoms with Gasteiger partial charge in [-0.05, 0) is 62.0 Å². The normalized spacial score (nSPS) is 18.8. The zero-order chi connectivity index (χ0) is 20.1. The molecule has 2 aromatic rings. The van der Waals surface area contributed by atoms with E-state index in [4.69, 9.17) is 10.5 Å². The molecule has 2 aromatic carbocycles. The number of rotatable bonds is 7. The fraction of sp³-hybridized carbons (Fsp3) is 0.455. The zero-order valence-corrected chi connectivity index (χ0v) is 16.1. The van der Waals surface area contributed by atoms with Crippen molar-refractivity contribution in [3.05, 3.63) is 65.0 Å². The molecule has 0 bridgehead atoms. The summed E-state index contributed by atoms with van der Waals surface area (Å²) < 4.78 is 45.7. The predicted molar refractivity (Wildman–Crippen MR) is 104 cm³/mol. The predicted octanol–water partition coefficient (Wildman–Crippen LogP) is 4.25. The van der Waals surface area contributed by atoms with E-state index < -0.39 is 17.5 Å². The molecule has 1 fully saturated rings. The summed E-state index contributed by atoms with van der Waals surface area (Å²) in [7, 11) is 1.69. The highest BCUT2D eigenvalue weighted by atomic mass is 19.2. The van der Waals surface area contributed by atoms with Gasteiger partial charge in [0.2, 0.25) is 0 Å². The lowest BCUT2D eigenvalue weighted by molar-refractivity contribution is 0.199. The molecule has 0 aliphatic carbocycles. The van der Waals surface area contributed by atoms with Crippen LogP contribution in [0.25, 0.3) is 0 Å². The molecule has 28 heavy (non-hydrogen) atoms. The van der Waals surface area contributed by atoms with Gasteiger partial charge in [0, 0.05) is 24.6 Å². The maximum absolute atomic E-state index is 13.8. The topological polar surface area (TPSA) is 38.5 Å². The fourth-order valence-electron chi connectivity index (χ4n) is 3.97. The van der Waals surface area contributed by atoms with Crippen molar-refractivity contribution < 1.29 is 17.9 Å². The number of nitrogens with zero attached hydrogens (tertiary/aromatic N) is 1. The molecule has 0 amide bonds. The highest BCUT2D eigenvalue weighted by molar-refractivity contribution is 5.36. The molecule has 6 heteroatoms. The van der Waals surface area contributed by atoms with Crippen LogP contribution >= 0.6 is 0 Å². The van der Waals surface area contributed by atoms with E-state index in [1.807, 2.05) is 18.2 Å². The van der Waals surface area contributed by atoms with E-state index in [-0.39, 0.29) is 18.0 Å². The Morgan fingerprint density at radius 1 is 1.14 bits per heavy atom. The molecule has 1 aliphatic rings. The summed E-state index contributed by atoms with van der Waals surface area (Å²) in [6, 6.07) is 9.28. The van der Waals surface area contributed by atoms with Crippen LogP contribution in [0.4, 0.5) is 13.2 Å². The van der Waals surface area contributed by atoms with Gasteiger partial charge in [-0.15, -0.1) is 0 Å². The molecular weight excluding hydrogens is 365 g/mol. The van der Waals surface area contributed by atoms with E-state index >= 15 is 0 Å². The monoisotopic (exact) mass is 392 g/mol. The first-order valence-corrected chi connectivity index (χ1v) is 9.72. The number of nitrogens with two attached hydrogens (primary N) is 1. The molecular formula is C22H27F3N2O. The molecule has 2 N–H and O–H groups in total. The molecule has 1 aliphatic heterocycles.